The number of fused-ring (bicyclic) bond motifs is 2. The second kappa shape index (κ2) is 10.2. The lowest BCUT2D eigenvalue weighted by Crippen LogP contribution is -2.44. The molecule has 7 nitrogen and oxygen atoms in total. The van der Waals surface area contributed by atoms with Crippen molar-refractivity contribution in [1.82, 2.24) is 9.62 Å². The number of ether oxygens (including phenoxy) is 2. The first kappa shape index (κ1) is 22.4. The van der Waals surface area contributed by atoms with Gasteiger partial charge in [-0.3, -0.25) is 4.79 Å². The molecule has 0 radical (unpaired) electrons. The predicted molar refractivity (Wildman–Crippen MR) is 118 cm³/mol. The molecule has 1 saturated carbocycles. The summed E-state index contributed by atoms with van der Waals surface area (Å²) in [5.74, 6) is 2.84. The highest BCUT2D eigenvalue weighted by Crippen LogP contribution is 2.36. The van der Waals surface area contributed by atoms with Crippen LogP contribution in [0.3, 0.4) is 0 Å². The molecule has 1 amide bonds. The first-order valence-corrected chi connectivity index (χ1v) is 13.2. The molecule has 0 unspecified atom stereocenters. The zero-order valence-electron chi connectivity index (χ0n) is 18.2. The second-order valence-electron chi connectivity index (χ2n) is 8.95. The first-order valence-electron chi connectivity index (χ1n) is 11.7. The standard InChI is InChI=1S/C23H34N2O5S/c26-23(25-13-11-18-6-3-4-7-19(18)17-25)8-2-1-5-12-24-31(27,28)20-9-10-21-22(16-20)30-15-14-29-21/h9-10,16,18-19,24H,1-8,11-15,17H2/t18-,19+/m0/s1. The first-order chi connectivity index (χ1) is 15.0. The molecule has 0 bridgehead atoms. The monoisotopic (exact) mass is 450 g/mol. The van der Waals surface area contributed by atoms with Crippen LogP contribution in [0.25, 0.3) is 0 Å². The number of likely N-dealkylation sites (tertiary alicyclic amines) is 1. The lowest BCUT2D eigenvalue weighted by molar-refractivity contribution is -0.134. The number of carbonyl (C=O) groups is 1. The Labute approximate surface area is 185 Å². The van der Waals surface area contributed by atoms with E-state index in [4.69, 9.17) is 9.47 Å². The summed E-state index contributed by atoms with van der Waals surface area (Å²) >= 11 is 0. The molecule has 4 rings (SSSR count). The number of amides is 1. The average molecular weight is 451 g/mol. The zero-order valence-corrected chi connectivity index (χ0v) is 19.0. The summed E-state index contributed by atoms with van der Waals surface area (Å²) in [7, 11) is -3.59. The number of unbranched alkanes of at least 4 members (excludes halogenated alkanes) is 2. The molecule has 1 aliphatic carbocycles. The third kappa shape index (κ3) is 5.71. The molecule has 0 aromatic heterocycles. The predicted octanol–water partition coefficient (Wildman–Crippen LogP) is 3.34. The van der Waals surface area contributed by atoms with E-state index in [1.165, 1.54) is 37.8 Å². The molecule has 1 N–H and O–H groups in total. The van der Waals surface area contributed by atoms with Crippen molar-refractivity contribution >= 4 is 15.9 Å². The number of benzene rings is 1. The number of nitrogens with zero attached hydrogens (tertiary/aromatic N) is 1. The Morgan fingerprint density at radius 1 is 1.00 bits per heavy atom. The van der Waals surface area contributed by atoms with E-state index in [2.05, 4.69) is 9.62 Å². The number of hydrogen-bond donors (Lipinski definition) is 1. The van der Waals surface area contributed by atoms with Gasteiger partial charge in [-0.1, -0.05) is 25.7 Å². The highest BCUT2D eigenvalue weighted by atomic mass is 32.2. The van der Waals surface area contributed by atoms with E-state index < -0.39 is 10.0 Å². The van der Waals surface area contributed by atoms with Crippen molar-refractivity contribution in [2.45, 2.75) is 62.7 Å². The van der Waals surface area contributed by atoms with Crippen LogP contribution >= 0.6 is 0 Å². The van der Waals surface area contributed by atoms with Crippen LogP contribution in [0, 0.1) is 11.8 Å². The molecule has 2 atom stereocenters. The van der Waals surface area contributed by atoms with Gasteiger partial charge in [0.1, 0.15) is 13.2 Å². The molecule has 3 aliphatic rings. The molecule has 0 spiro atoms. The minimum absolute atomic E-state index is 0.179. The van der Waals surface area contributed by atoms with E-state index in [0.29, 0.717) is 50.0 Å². The Balaban J connectivity index is 1.14. The Bertz CT molecular complexity index is 873. The third-order valence-corrected chi connectivity index (χ3v) is 8.29. The lowest BCUT2D eigenvalue weighted by Gasteiger charge is -2.41. The number of hydrogen-bond acceptors (Lipinski definition) is 5. The zero-order chi connectivity index (χ0) is 21.7. The van der Waals surface area contributed by atoms with Crippen LogP contribution in [-0.2, 0) is 14.8 Å². The fourth-order valence-electron chi connectivity index (χ4n) is 5.04. The molecule has 2 heterocycles. The molecular weight excluding hydrogens is 416 g/mol. The largest absolute Gasteiger partial charge is 0.486 e. The van der Waals surface area contributed by atoms with E-state index in [1.54, 1.807) is 6.07 Å². The van der Waals surface area contributed by atoms with Gasteiger partial charge in [-0.25, -0.2) is 13.1 Å². The minimum Gasteiger partial charge on any atom is -0.486 e. The fourth-order valence-corrected chi connectivity index (χ4v) is 6.13. The summed E-state index contributed by atoms with van der Waals surface area (Å²) in [5.41, 5.74) is 0. The van der Waals surface area contributed by atoms with Crippen LogP contribution < -0.4 is 14.2 Å². The Morgan fingerprint density at radius 3 is 2.61 bits per heavy atom. The molecule has 1 aromatic carbocycles. The van der Waals surface area contributed by atoms with Crippen LogP contribution in [0.5, 0.6) is 11.5 Å². The van der Waals surface area contributed by atoms with E-state index in [0.717, 1.165) is 38.3 Å². The van der Waals surface area contributed by atoms with Crippen molar-refractivity contribution < 1.29 is 22.7 Å². The minimum atomic E-state index is -3.59. The third-order valence-electron chi connectivity index (χ3n) is 6.83. The van der Waals surface area contributed by atoms with Gasteiger partial charge in [0.2, 0.25) is 15.9 Å². The van der Waals surface area contributed by atoms with Crippen molar-refractivity contribution in [2.24, 2.45) is 11.8 Å². The van der Waals surface area contributed by atoms with Gasteiger partial charge in [0.15, 0.2) is 11.5 Å². The van der Waals surface area contributed by atoms with Gasteiger partial charge in [-0.05, 0) is 49.7 Å². The highest BCUT2D eigenvalue weighted by Gasteiger charge is 2.32. The van der Waals surface area contributed by atoms with Gasteiger partial charge in [0, 0.05) is 32.1 Å². The number of nitrogens with one attached hydrogen (secondary N) is 1. The molecule has 172 valence electrons. The fraction of sp³-hybridized carbons (Fsp3) is 0.696. The van der Waals surface area contributed by atoms with Gasteiger partial charge < -0.3 is 14.4 Å². The van der Waals surface area contributed by atoms with Gasteiger partial charge in [-0.2, -0.15) is 0 Å². The lowest BCUT2D eigenvalue weighted by atomic mass is 9.75. The summed E-state index contributed by atoms with van der Waals surface area (Å²) in [6.45, 7) is 3.10. The molecule has 2 aliphatic heterocycles. The SMILES string of the molecule is O=C(CCCCCNS(=O)(=O)c1ccc2c(c1)OCCO2)N1CC[C@@H]2CCCC[C@@H]2C1. The van der Waals surface area contributed by atoms with Crippen molar-refractivity contribution in [3.05, 3.63) is 18.2 Å². The molecule has 8 heteroatoms. The van der Waals surface area contributed by atoms with Gasteiger partial charge >= 0.3 is 0 Å². The maximum absolute atomic E-state index is 12.6. The van der Waals surface area contributed by atoms with E-state index >= 15 is 0 Å². The van der Waals surface area contributed by atoms with Crippen molar-refractivity contribution in [3.63, 3.8) is 0 Å². The summed E-state index contributed by atoms with van der Waals surface area (Å²) < 4.78 is 38.6. The van der Waals surface area contributed by atoms with E-state index in [9.17, 15) is 13.2 Å². The maximum Gasteiger partial charge on any atom is 0.240 e. The summed E-state index contributed by atoms with van der Waals surface area (Å²) in [6, 6.07) is 4.67. The van der Waals surface area contributed by atoms with Crippen molar-refractivity contribution in [3.8, 4) is 11.5 Å². The van der Waals surface area contributed by atoms with Crippen molar-refractivity contribution in [1.29, 1.82) is 0 Å². The van der Waals surface area contributed by atoms with Crippen LogP contribution in [-0.4, -0.2) is 52.1 Å². The maximum atomic E-state index is 12.6. The smallest absolute Gasteiger partial charge is 0.240 e. The van der Waals surface area contributed by atoms with E-state index in [-0.39, 0.29) is 10.8 Å². The molecule has 31 heavy (non-hydrogen) atoms. The van der Waals surface area contributed by atoms with Crippen LogP contribution in [0.4, 0.5) is 0 Å². The quantitative estimate of drug-likeness (QED) is 0.614. The summed E-state index contributed by atoms with van der Waals surface area (Å²) in [4.78, 5) is 14.8. The Kier molecular flexibility index (Phi) is 7.38. The average Bonchev–Trinajstić information content (AvgIpc) is 2.80. The number of sulfonamides is 1. The highest BCUT2D eigenvalue weighted by molar-refractivity contribution is 7.89. The summed E-state index contributed by atoms with van der Waals surface area (Å²) in [5, 5.41) is 0. The summed E-state index contributed by atoms with van der Waals surface area (Å²) in [6.07, 6.45) is 9.35. The molecule has 2 fully saturated rings. The molecule has 1 aromatic rings. The Hall–Kier alpha value is -1.80. The topological polar surface area (TPSA) is 84.9 Å². The molecule has 1 saturated heterocycles. The normalized spacial score (nSPS) is 23.3. The van der Waals surface area contributed by atoms with Gasteiger partial charge in [0.05, 0.1) is 4.90 Å². The number of rotatable bonds is 8. The van der Waals surface area contributed by atoms with Crippen LogP contribution in [0.15, 0.2) is 23.1 Å². The van der Waals surface area contributed by atoms with Gasteiger partial charge in [-0.15, -0.1) is 0 Å². The van der Waals surface area contributed by atoms with Crippen molar-refractivity contribution in [2.75, 3.05) is 32.8 Å². The number of carbonyl (C=O) groups excluding carboxylic acids is 1. The van der Waals surface area contributed by atoms with Crippen LogP contribution in [0.2, 0.25) is 0 Å². The number of piperidine rings is 1. The Morgan fingerprint density at radius 2 is 1.77 bits per heavy atom. The van der Waals surface area contributed by atoms with E-state index in [1.807, 2.05) is 0 Å². The second-order valence-corrected chi connectivity index (χ2v) is 10.7. The molecular formula is C23H34N2O5S. The van der Waals surface area contributed by atoms with Crippen LogP contribution in [0.1, 0.15) is 57.8 Å². The van der Waals surface area contributed by atoms with Gasteiger partial charge in [0.25, 0.3) is 0 Å².